The average molecular weight is 249 g/mol. The van der Waals surface area contributed by atoms with E-state index in [0.717, 1.165) is 5.75 Å². The van der Waals surface area contributed by atoms with Gasteiger partial charge in [0, 0.05) is 13.1 Å². The molecule has 1 aliphatic heterocycles. The van der Waals surface area contributed by atoms with Crippen molar-refractivity contribution >= 4 is 5.91 Å². The maximum Gasteiger partial charge on any atom is 0.226 e. The number of hydrogen-bond acceptors (Lipinski definition) is 3. The fourth-order valence-electron chi connectivity index (χ4n) is 2.02. The molecule has 0 aliphatic carbocycles. The maximum atomic E-state index is 11.8. The fraction of sp³-hybridized carbons (Fsp3) is 0.500. The number of nitrogens with zero attached hydrogens (tertiary/aromatic N) is 1. The highest BCUT2D eigenvalue weighted by Crippen LogP contribution is 2.13. The third kappa shape index (κ3) is 3.47. The SMILES string of the molecule is Cc1ccc(OCCC(=O)N2CC[C@H](O)C2)cc1. The Morgan fingerprint density at radius 1 is 1.44 bits per heavy atom. The first kappa shape index (κ1) is 12.9. The summed E-state index contributed by atoms with van der Waals surface area (Å²) in [7, 11) is 0. The molecule has 1 aromatic rings. The van der Waals surface area contributed by atoms with Crippen LogP contribution in [0.25, 0.3) is 0 Å². The van der Waals surface area contributed by atoms with Crippen molar-refractivity contribution in [1.29, 1.82) is 0 Å². The smallest absolute Gasteiger partial charge is 0.226 e. The molecule has 1 atom stereocenters. The Morgan fingerprint density at radius 3 is 2.78 bits per heavy atom. The monoisotopic (exact) mass is 249 g/mol. The Labute approximate surface area is 107 Å². The maximum absolute atomic E-state index is 11.8. The molecule has 4 heteroatoms. The van der Waals surface area contributed by atoms with Gasteiger partial charge in [-0.3, -0.25) is 4.79 Å². The van der Waals surface area contributed by atoms with Crippen LogP contribution >= 0.6 is 0 Å². The highest BCUT2D eigenvalue weighted by molar-refractivity contribution is 5.76. The Bertz CT molecular complexity index is 402. The van der Waals surface area contributed by atoms with Crippen LogP contribution in [0.5, 0.6) is 5.75 Å². The molecule has 0 aromatic heterocycles. The molecule has 0 unspecified atom stereocenters. The van der Waals surface area contributed by atoms with E-state index in [4.69, 9.17) is 4.74 Å². The summed E-state index contributed by atoms with van der Waals surface area (Å²) in [5, 5.41) is 9.35. The first-order chi connectivity index (χ1) is 8.65. The zero-order valence-electron chi connectivity index (χ0n) is 10.6. The van der Waals surface area contributed by atoms with E-state index in [1.54, 1.807) is 4.90 Å². The van der Waals surface area contributed by atoms with Crippen LogP contribution in [0.2, 0.25) is 0 Å². The topological polar surface area (TPSA) is 49.8 Å². The Morgan fingerprint density at radius 2 is 2.17 bits per heavy atom. The number of β-amino-alcohol motifs (C(OH)–C–C–N with tert-alkyl or cyclic N) is 1. The number of aryl methyl sites for hydroxylation is 1. The van der Waals surface area contributed by atoms with Crippen molar-refractivity contribution in [2.24, 2.45) is 0 Å². The number of aliphatic hydroxyl groups excluding tert-OH is 1. The van der Waals surface area contributed by atoms with E-state index in [0.29, 0.717) is 32.5 Å². The molecule has 2 rings (SSSR count). The Kier molecular flexibility index (Phi) is 4.20. The van der Waals surface area contributed by atoms with Crippen LogP contribution in [0, 0.1) is 6.92 Å². The van der Waals surface area contributed by atoms with Crippen LogP contribution in [0.15, 0.2) is 24.3 Å². The number of ether oxygens (including phenoxy) is 1. The molecule has 0 spiro atoms. The molecule has 18 heavy (non-hydrogen) atoms. The second-order valence-electron chi connectivity index (χ2n) is 4.69. The molecular weight excluding hydrogens is 230 g/mol. The lowest BCUT2D eigenvalue weighted by atomic mass is 10.2. The highest BCUT2D eigenvalue weighted by Gasteiger charge is 2.23. The Hall–Kier alpha value is -1.55. The van der Waals surface area contributed by atoms with Gasteiger partial charge in [-0.15, -0.1) is 0 Å². The summed E-state index contributed by atoms with van der Waals surface area (Å²) >= 11 is 0. The van der Waals surface area contributed by atoms with E-state index in [-0.39, 0.29) is 12.0 Å². The normalized spacial score (nSPS) is 19.0. The third-order valence-corrected chi connectivity index (χ3v) is 3.12. The summed E-state index contributed by atoms with van der Waals surface area (Å²) in [5.41, 5.74) is 1.18. The quantitative estimate of drug-likeness (QED) is 0.876. The second kappa shape index (κ2) is 5.87. The van der Waals surface area contributed by atoms with Crippen LogP contribution < -0.4 is 4.74 Å². The number of hydrogen-bond donors (Lipinski definition) is 1. The van der Waals surface area contributed by atoms with E-state index >= 15 is 0 Å². The predicted octanol–water partition coefficient (Wildman–Crippen LogP) is 1.36. The zero-order chi connectivity index (χ0) is 13.0. The number of amides is 1. The number of rotatable bonds is 4. The van der Waals surface area contributed by atoms with Gasteiger partial charge >= 0.3 is 0 Å². The summed E-state index contributed by atoms with van der Waals surface area (Å²) in [4.78, 5) is 13.5. The van der Waals surface area contributed by atoms with Crippen LogP contribution in [0.3, 0.4) is 0 Å². The van der Waals surface area contributed by atoms with Crippen molar-refractivity contribution in [2.75, 3.05) is 19.7 Å². The molecule has 1 aromatic carbocycles. The molecule has 1 fully saturated rings. The minimum Gasteiger partial charge on any atom is -0.493 e. The van der Waals surface area contributed by atoms with E-state index in [1.807, 2.05) is 31.2 Å². The second-order valence-corrected chi connectivity index (χ2v) is 4.69. The average Bonchev–Trinajstić information content (AvgIpc) is 2.78. The first-order valence-electron chi connectivity index (χ1n) is 6.30. The van der Waals surface area contributed by atoms with Gasteiger partial charge in [0.15, 0.2) is 0 Å². The molecule has 0 radical (unpaired) electrons. The van der Waals surface area contributed by atoms with Crippen molar-refractivity contribution < 1.29 is 14.6 Å². The number of benzene rings is 1. The van der Waals surface area contributed by atoms with Crippen molar-refractivity contribution in [1.82, 2.24) is 4.90 Å². The van der Waals surface area contributed by atoms with E-state index in [1.165, 1.54) is 5.56 Å². The third-order valence-electron chi connectivity index (χ3n) is 3.12. The van der Waals surface area contributed by atoms with Crippen molar-refractivity contribution in [2.45, 2.75) is 25.9 Å². The first-order valence-corrected chi connectivity index (χ1v) is 6.30. The van der Waals surface area contributed by atoms with E-state index < -0.39 is 0 Å². The number of carbonyl (C=O) groups is 1. The van der Waals surface area contributed by atoms with Crippen molar-refractivity contribution in [3.63, 3.8) is 0 Å². The van der Waals surface area contributed by atoms with E-state index in [9.17, 15) is 9.90 Å². The lowest BCUT2D eigenvalue weighted by Gasteiger charge is -2.15. The molecule has 0 saturated carbocycles. The summed E-state index contributed by atoms with van der Waals surface area (Å²) in [6.07, 6.45) is 0.692. The van der Waals surface area contributed by atoms with Gasteiger partial charge in [-0.2, -0.15) is 0 Å². The van der Waals surface area contributed by atoms with Crippen LogP contribution in [-0.4, -0.2) is 41.7 Å². The molecule has 98 valence electrons. The highest BCUT2D eigenvalue weighted by atomic mass is 16.5. The number of carbonyl (C=O) groups excluding carboxylic acids is 1. The molecule has 1 heterocycles. The van der Waals surface area contributed by atoms with Gasteiger partial charge in [0.05, 0.1) is 19.1 Å². The predicted molar refractivity (Wildman–Crippen MR) is 68.5 cm³/mol. The van der Waals surface area contributed by atoms with Gasteiger partial charge in [-0.05, 0) is 25.5 Å². The van der Waals surface area contributed by atoms with Gasteiger partial charge in [0.2, 0.25) is 5.91 Å². The Balaban J connectivity index is 1.72. The fourth-order valence-corrected chi connectivity index (χ4v) is 2.02. The van der Waals surface area contributed by atoms with Gasteiger partial charge in [-0.1, -0.05) is 17.7 Å². The summed E-state index contributed by atoms with van der Waals surface area (Å²) < 4.78 is 5.51. The van der Waals surface area contributed by atoms with Gasteiger partial charge in [-0.25, -0.2) is 0 Å². The number of likely N-dealkylation sites (tertiary alicyclic amines) is 1. The molecule has 4 nitrogen and oxygen atoms in total. The number of aliphatic hydroxyl groups is 1. The lowest BCUT2D eigenvalue weighted by Crippen LogP contribution is -2.30. The molecule has 1 N–H and O–H groups in total. The zero-order valence-corrected chi connectivity index (χ0v) is 10.6. The molecule has 1 aliphatic rings. The summed E-state index contributed by atoms with van der Waals surface area (Å²) in [6, 6.07) is 7.76. The molecular formula is C14H19NO3. The minimum atomic E-state index is -0.355. The molecule has 0 bridgehead atoms. The van der Waals surface area contributed by atoms with Crippen molar-refractivity contribution in [3.05, 3.63) is 29.8 Å². The van der Waals surface area contributed by atoms with E-state index in [2.05, 4.69) is 0 Å². The standard InChI is InChI=1S/C14H19NO3/c1-11-2-4-13(5-3-11)18-9-7-14(17)15-8-6-12(16)10-15/h2-5,12,16H,6-10H2,1H3/t12-/m0/s1. The van der Waals surface area contributed by atoms with Crippen LogP contribution in [0.1, 0.15) is 18.4 Å². The largest absolute Gasteiger partial charge is 0.493 e. The van der Waals surface area contributed by atoms with Gasteiger partial charge in [0.25, 0.3) is 0 Å². The minimum absolute atomic E-state index is 0.0543. The van der Waals surface area contributed by atoms with Crippen LogP contribution in [-0.2, 0) is 4.79 Å². The van der Waals surface area contributed by atoms with Gasteiger partial charge in [0.1, 0.15) is 5.75 Å². The summed E-state index contributed by atoms with van der Waals surface area (Å²) in [6.45, 7) is 3.52. The molecule has 1 amide bonds. The van der Waals surface area contributed by atoms with Gasteiger partial charge < -0.3 is 14.7 Å². The van der Waals surface area contributed by atoms with Crippen LogP contribution in [0.4, 0.5) is 0 Å². The van der Waals surface area contributed by atoms with Crippen molar-refractivity contribution in [3.8, 4) is 5.75 Å². The lowest BCUT2D eigenvalue weighted by molar-refractivity contribution is -0.131. The molecule has 1 saturated heterocycles. The summed E-state index contributed by atoms with van der Waals surface area (Å²) in [5.74, 6) is 0.841.